The smallest absolute Gasteiger partial charge is 0.410 e. The van der Waals surface area contributed by atoms with E-state index in [1.54, 1.807) is 15.8 Å². The van der Waals surface area contributed by atoms with Gasteiger partial charge in [0.05, 0.1) is 23.1 Å². The van der Waals surface area contributed by atoms with Gasteiger partial charge in [0, 0.05) is 31.7 Å². The first-order chi connectivity index (χ1) is 16.5. The maximum absolute atomic E-state index is 14.2. The van der Waals surface area contributed by atoms with E-state index < -0.39 is 34.5 Å². The van der Waals surface area contributed by atoms with Gasteiger partial charge in [0.25, 0.3) is 0 Å². The summed E-state index contributed by atoms with van der Waals surface area (Å²) in [5.41, 5.74) is -1.08. The first kappa shape index (κ1) is 24.0. The van der Waals surface area contributed by atoms with Crippen molar-refractivity contribution in [3.05, 3.63) is 54.0 Å². The Morgan fingerprint density at radius 2 is 1.89 bits per heavy atom. The minimum atomic E-state index is -1.36. The molecule has 3 aromatic rings. The number of hydrogen-bond donors (Lipinski definition) is 2. The third kappa shape index (κ3) is 5.53. The number of carboxylic acid groups (broad SMARTS) is 1. The van der Waals surface area contributed by atoms with Crippen LogP contribution in [0.15, 0.2) is 36.7 Å². The number of aromatic carboxylic acids is 1. The second-order valence-corrected chi connectivity index (χ2v) is 9.22. The van der Waals surface area contributed by atoms with Gasteiger partial charge in [0.2, 0.25) is 0 Å². The molecule has 1 fully saturated rings. The molecule has 0 spiro atoms. The van der Waals surface area contributed by atoms with E-state index in [1.807, 2.05) is 20.8 Å². The molecule has 1 amide bonds. The third-order valence-corrected chi connectivity index (χ3v) is 5.18. The highest BCUT2D eigenvalue weighted by atomic mass is 19.1. The van der Waals surface area contributed by atoms with Crippen LogP contribution in [0.1, 0.15) is 31.3 Å². The van der Waals surface area contributed by atoms with Crippen LogP contribution in [0.25, 0.3) is 11.3 Å². The van der Waals surface area contributed by atoms with E-state index in [1.165, 1.54) is 18.3 Å². The third-order valence-electron chi connectivity index (χ3n) is 5.18. The van der Waals surface area contributed by atoms with E-state index in [0.29, 0.717) is 25.3 Å². The lowest BCUT2D eigenvalue weighted by molar-refractivity contribution is -0.00384. The molecule has 184 valence electrons. The summed E-state index contributed by atoms with van der Waals surface area (Å²) in [6, 6.07) is 4.59. The number of rotatable bonds is 6. The van der Waals surface area contributed by atoms with Gasteiger partial charge in [-0.3, -0.25) is 4.68 Å². The Labute approximate surface area is 199 Å². The lowest BCUT2D eigenvalue weighted by Crippen LogP contribution is -2.52. The van der Waals surface area contributed by atoms with Crippen LogP contribution in [-0.4, -0.2) is 60.7 Å². The summed E-state index contributed by atoms with van der Waals surface area (Å²) < 4.78 is 35.4. The highest BCUT2D eigenvalue weighted by Crippen LogP contribution is 2.29. The zero-order valence-corrected chi connectivity index (χ0v) is 19.3. The molecule has 4 rings (SSSR count). The molecular formula is C23H24F2N6O4. The van der Waals surface area contributed by atoms with Gasteiger partial charge in [-0.2, -0.15) is 5.10 Å². The molecule has 1 saturated heterocycles. The largest absolute Gasteiger partial charge is 0.476 e. The number of halogens is 2. The molecule has 1 aliphatic heterocycles. The van der Waals surface area contributed by atoms with E-state index in [9.17, 15) is 23.5 Å². The normalized spacial score (nSPS) is 13.9. The Balaban J connectivity index is 1.45. The summed E-state index contributed by atoms with van der Waals surface area (Å²) >= 11 is 0. The molecule has 0 aliphatic carbocycles. The van der Waals surface area contributed by atoms with Gasteiger partial charge in [-0.1, -0.05) is 6.07 Å². The number of ether oxygens (including phenoxy) is 1. The summed E-state index contributed by atoms with van der Waals surface area (Å²) in [6.45, 7) is 7.03. The zero-order valence-electron chi connectivity index (χ0n) is 19.3. The van der Waals surface area contributed by atoms with Crippen molar-refractivity contribution in [2.45, 2.75) is 32.9 Å². The molecule has 0 atom stereocenters. The summed E-state index contributed by atoms with van der Waals surface area (Å²) in [5, 5.41) is 23.9. The second kappa shape index (κ2) is 9.28. The van der Waals surface area contributed by atoms with Crippen molar-refractivity contribution in [3.63, 3.8) is 0 Å². The van der Waals surface area contributed by atoms with Crippen molar-refractivity contribution >= 4 is 23.4 Å². The number of carboxylic acids is 1. The SMILES string of the molecule is CC(C)(C)OC(=O)N1CC(Cn2cc(Nc3cc(-c4c(F)cccc4F)nnc3C(=O)O)cn2)C1. The summed E-state index contributed by atoms with van der Waals surface area (Å²) in [5.74, 6) is -2.86. The van der Waals surface area contributed by atoms with Crippen LogP contribution in [0.3, 0.4) is 0 Å². The number of anilines is 2. The zero-order chi connectivity index (χ0) is 25.3. The predicted molar refractivity (Wildman–Crippen MR) is 121 cm³/mol. The molecular weight excluding hydrogens is 462 g/mol. The van der Waals surface area contributed by atoms with E-state index in [-0.39, 0.29) is 23.4 Å². The minimum absolute atomic E-state index is 0.00412. The summed E-state index contributed by atoms with van der Waals surface area (Å²) in [6.07, 6.45) is 2.79. The van der Waals surface area contributed by atoms with Gasteiger partial charge in [0.15, 0.2) is 5.69 Å². The second-order valence-electron chi connectivity index (χ2n) is 9.22. The highest BCUT2D eigenvalue weighted by Gasteiger charge is 2.34. The first-order valence-electron chi connectivity index (χ1n) is 10.8. The molecule has 10 nitrogen and oxygen atoms in total. The van der Waals surface area contributed by atoms with E-state index in [2.05, 4.69) is 20.6 Å². The van der Waals surface area contributed by atoms with E-state index >= 15 is 0 Å². The monoisotopic (exact) mass is 486 g/mol. The Kier molecular flexibility index (Phi) is 6.37. The van der Waals surface area contributed by atoms with Crippen molar-refractivity contribution in [2.75, 3.05) is 18.4 Å². The summed E-state index contributed by atoms with van der Waals surface area (Å²) in [7, 11) is 0. The van der Waals surface area contributed by atoms with Crippen LogP contribution < -0.4 is 5.32 Å². The lowest BCUT2D eigenvalue weighted by atomic mass is 10.0. The maximum Gasteiger partial charge on any atom is 0.410 e. The van der Waals surface area contributed by atoms with Gasteiger partial charge < -0.3 is 20.1 Å². The Bertz CT molecular complexity index is 1250. The van der Waals surface area contributed by atoms with Crippen LogP contribution in [0.5, 0.6) is 0 Å². The van der Waals surface area contributed by atoms with E-state index in [0.717, 1.165) is 12.1 Å². The molecule has 2 aromatic heterocycles. The molecule has 0 bridgehead atoms. The van der Waals surface area contributed by atoms with Crippen LogP contribution >= 0.6 is 0 Å². The fourth-order valence-corrected chi connectivity index (χ4v) is 3.62. The number of hydrogen-bond acceptors (Lipinski definition) is 7. The molecule has 12 heteroatoms. The minimum Gasteiger partial charge on any atom is -0.476 e. The quantitative estimate of drug-likeness (QED) is 0.538. The van der Waals surface area contributed by atoms with Gasteiger partial charge in [0.1, 0.15) is 22.9 Å². The van der Waals surface area contributed by atoms with Gasteiger partial charge in [-0.25, -0.2) is 18.4 Å². The van der Waals surface area contributed by atoms with E-state index in [4.69, 9.17) is 4.74 Å². The molecule has 1 aliphatic rings. The lowest BCUT2D eigenvalue weighted by Gasteiger charge is -2.39. The molecule has 0 saturated carbocycles. The van der Waals surface area contributed by atoms with Crippen molar-refractivity contribution in [1.82, 2.24) is 24.9 Å². The summed E-state index contributed by atoms with van der Waals surface area (Å²) in [4.78, 5) is 25.3. The molecule has 0 unspecified atom stereocenters. The number of benzene rings is 1. The molecule has 1 aromatic carbocycles. The fourth-order valence-electron chi connectivity index (χ4n) is 3.62. The first-order valence-corrected chi connectivity index (χ1v) is 10.8. The molecule has 35 heavy (non-hydrogen) atoms. The number of carbonyl (C=O) groups is 2. The topological polar surface area (TPSA) is 122 Å². The average Bonchev–Trinajstić information content (AvgIpc) is 3.16. The Morgan fingerprint density at radius 1 is 1.20 bits per heavy atom. The molecule has 3 heterocycles. The average molecular weight is 486 g/mol. The van der Waals surface area contributed by atoms with Gasteiger partial charge in [-0.05, 0) is 39.0 Å². The van der Waals surface area contributed by atoms with Crippen LogP contribution in [-0.2, 0) is 11.3 Å². The molecule has 2 N–H and O–H groups in total. The number of nitrogens with zero attached hydrogens (tertiary/aromatic N) is 5. The molecule has 0 radical (unpaired) electrons. The number of nitrogens with one attached hydrogen (secondary N) is 1. The Hall–Kier alpha value is -4.09. The maximum atomic E-state index is 14.2. The fraction of sp³-hybridized carbons (Fsp3) is 0.348. The highest BCUT2D eigenvalue weighted by molar-refractivity contribution is 5.93. The van der Waals surface area contributed by atoms with Crippen LogP contribution in [0, 0.1) is 17.6 Å². The van der Waals surface area contributed by atoms with Gasteiger partial charge in [-0.15, -0.1) is 10.2 Å². The number of likely N-dealkylation sites (tertiary alicyclic amines) is 1. The standard InChI is InChI=1S/C23H24F2N6O4/c1-23(2,3)35-22(34)30-9-13(10-30)11-31-12-14(8-26-31)27-18-7-17(28-29-20(18)21(32)33)19-15(24)5-4-6-16(19)25/h4-8,12-13H,9-11H2,1-3H3,(H,27,28)(H,32,33). The van der Waals surface area contributed by atoms with Crippen molar-refractivity contribution in [2.24, 2.45) is 5.92 Å². The predicted octanol–water partition coefficient (Wildman–Crippen LogP) is 3.93. The van der Waals surface area contributed by atoms with Crippen LogP contribution in [0.2, 0.25) is 0 Å². The van der Waals surface area contributed by atoms with Crippen molar-refractivity contribution in [1.29, 1.82) is 0 Å². The van der Waals surface area contributed by atoms with Crippen molar-refractivity contribution in [3.8, 4) is 11.3 Å². The van der Waals surface area contributed by atoms with Crippen LogP contribution in [0.4, 0.5) is 25.0 Å². The van der Waals surface area contributed by atoms with Gasteiger partial charge >= 0.3 is 12.1 Å². The number of aromatic nitrogens is 4. The Morgan fingerprint density at radius 3 is 2.51 bits per heavy atom. The van der Waals surface area contributed by atoms with Crippen molar-refractivity contribution < 1.29 is 28.2 Å². The number of amides is 1. The number of carbonyl (C=O) groups excluding carboxylic acids is 1.